The van der Waals surface area contributed by atoms with Crippen molar-refractivity contribution < 1.29 is 8.85 Å². The molecule has 0 radical (unpaired) electrons. The summed E-state index contributed by atoms with van der Waals surface area (Å²) in [4.78, 5) is 0. The molecular formula is C6H13NO2Si. The molecule has 0 aliphatic rings. The van der Waals surface area contributed by atoms with Crippen molar-refractivity contribution in [2.75, 3.05) is 14.2 Å². The van der Waals surface area contributed by atoms with E-state index in [9.17, 15) is 0 Å². The van der Waals surface area contributed by atoms with Crippen molar-refractivity contribution in [2.45, 2.75) is 18.9 Å². The van der Waals surface area contributed by atoms with E-state index >= 15 is 0 Å². The van der Waals surface area contributed by atoms with Crippen LogP contribution in [0, 0.1) is 11.3 Å². The molecule has 0 aliphatic carbocycles. The van der Waals surface area contributed by atoms with Crippen molar-refractivity contribution in [1.82, 2.24) is 0 Å². The molecule has 0 aliphatic heterocycles. The molecule has 0 aromatic heterocycles. The predicted octanol–water partition coefficient (Wildman–Crippen LogP) is 0.803. The van der Waals surface area contributed by atoms with Crippen molar-refractivity contribution >= 4 is 9.28 Å². The van der Waals surface area contributed by atoms with E-state index in [0.29, 0.717) is 0 Å². The third-order valence-electron chi connectivity index (χ3n) is 1.31. The summed E-state index contributed by atoms with van der Waals surface area (Å²) in [5.74, 6) is 0. The molecule has 0 heterocycles. The maximum absolute atomic E-state index is 8.65. The Morgan fingerprint density at radius 1 is 1.30 bits per heavy atom. The lowest BCUT2D eigenvalue weighted by atomic mass is 10.2. The van der Waals surface area contributed by atoms with Crippen LogP contribution in [-0.2, 0) is 8.85 Å². The fourth-order valence-corrected chi connectivity index (χ4v) is 2.21. The Bertz CT molecular complexity index is 137. The molecule has 3 nitrogen and oxygen atoms in total. The Kier molecular flexibility index (Phi) is 3.57. The van der Waals surface area contributed by atoms with Crippen LogP contribution in [0.25, 0.3) is 0 Å². The molecule has 0 atom stereocenters. The zero-order valence-corrected chi connectivity index (χ0v) is 8.00. The van der Waals surface area contributed by atoms with Gasteiger partial charge in [0, 0.05) is 14.2 Å². The third kappa shape index (κ3) is 2.10. The van der Waals surface area contributed by atoms with Crippen LogP contribution in [0.15, 0.2) is 0 Å². The second kappa shape index (κ2) is 3.71. The lowest BCUT2D eigenvalue weighted by Gasteiger charge is -2.21. The number of hydrogen-bond donors (Lipinski definition) is 0. The summed E-state index contributed by atoms with van der Waals surface area (Å²) in [5, 5.41) is 8.21. The Balaban J connectivity index is 4.15. The summed E-state index contributed by atoms with van der Waals surface area (Å²) in [6.45, 7) is 3.66. The van der Waals surface area contributed by atoms with E-state index in [2.05, 4.69) is 6.07 Å². The molecule has 0 saturated heterocycles. The van der Waals surface area contributed by atoms with Crippen LogP contribution in [0.3, 0.4) is 0 Å². The predicted molar refractivity (Wildman–Crippen MR) is 40.8 cm³/mol. The summed E-state index contributed by atoms with van der Waals surface area (Å²) >= 11 is 0. The monoisotopic (exact) mass is 159 g/mol. The average molecular weight is 159 g/mol. The Morgan fingerprint density at radius 3 is 1.80 bits per heavy atom. The summed E-state index contributed by atoms with van der Waals surface area (Å²) < 4.78 is 10.1. The van der Waals surface area contributed by atoms with Gasteiger partial charge in [-0.2, -0.15) is 5.26 Å². The van der Waals surface area contributed by atoms with Crippen molar-refractivity contribution in [3.05, 3.63) is 0 Å². The first-order valence-corrected chi connectivity index (χ1v) is 4.57. The van der Waals surface area contributed by atoms with E-state index in [1.54, 1.807) is 14.2 Å². The van der Waals surface area contributed by atoms with Crippen LogP contribution in [-0.4, -0.2) is 23.5 Å². The molecule has 0 aromatic rings. The van der Waals surface area contributed by atoms with Crippen LogP contribution in [0.5, 0.6) is 0 Å². The van der Waals surface area contributed by atoms with Gasteiger partial charge in [0.15, 0.2) is 0 Å². The second-order valence-corrected chi connectivity index (χ2v) is 5.69. The molecular weight excluding hydrogens is 146 g/mol. The minimum Gasteiger partial charge on any atom is -0.399 e. The number of hydrogen-bond acceptors (Lipinski definition) is 3. The standard InChI is InChI=1S/C6H13NO2Si/c1-6(2,5-7)10(8-3)9-4/h10H,1-4H3. The zero-order valence-electron chi connectivity index (χ0n) is 6.84. The highest BCUT2D eigenvalue weighted by molar-refractivity contribution is 6.49. The first kappa shape index (κ1) is 9.63. The number of rotatable bonds is 3. The highest BCUT2D eigenvalue weighted by Gasteiger charge is 2.32. The van der Waals surface area contributed by atoms with E-state index < -0.39 is 14.3 Å². The molecule has 0 rings (SSSR count). The van der Waals surface area contributed by atoms with Crippen LogP contribution in [0.4, 0.5) is 0 Å². The Morgan fingerprint density at radius 2 is 1.70 bits per heavy atom. The second-order valence-electron chi connectivity index (χ2n) is 2.64. The Labute approximate surface area is 63.4 Å². The Hall–Kier alpha value is -0.373. The number of nitriles is 1. The highest BCUT2D eigenvalue weighted by atomic mass is 28.3. The van der Waals surface area contributed by atoms with Gasteiger partial charge in [-0.05, 0) is 13.8 Å². The molecule has 4 heteroatoms. The zero-order chi connectivity index (χ0) is 8.20. The van der Waals surface area contributed by atoms with Crippen LogP contribution in [0.1, 0.15) is 13.8 Å². The molecule has 0 bridgehead atoms. The minimum atomic E-state index is -1.76. The molecule has 0 N–H and O–H groups in total. The fourth-order valence-electron chi connectivity index (χ4n) is 0.738. The van der Waals surface area contributed by atoms with Gasteiger partial charge < -0.3 is 8.85 Å². The number of nitrogens with zero attached hydrogens (tertiary/aromatic N) is 1. The van der Waals surface area contributed by atoms with E-state index in [1.165, 1.54) is 0 Å². The fraction of sp³-hybridized carbons (Fsp3) is 0.833. The quantitative estimate of drug-likeness (QED) is 0.572. The van der Waals surface area contributed by atoms with E-state index in [0.717, 1.165) is 0 Å². The maximum atomic E-state index is 8.65. The van der Waals surface area contributed by atoms with E-state index in [-0.39, 0.29) is 0 Å². The first-order chi connectivity index (χ1) is 4.58. The topological polar surface area (TPSA) is 42.2 Å². The smallest absolute Gasteiger partial charge is 0.341 e. The van der Waals surface area contributed by atoms with Crippen molar-refractivity contribution in [2.24, 2.45) is 0 Å². The molecule has 58 valence electrons. The van der Waals surface area contributed by atoms with E-state index in [1.807, 2.05) is 13.8 Å². The van der Waals surface area contributed by atoms with Gasteiger partial charge in [-0.3, -0.25) is 0 Å². The van der Waals surface area contributed by atoms with Gasteiger partial charge in [-0.15, -0.1) is 0 Å². The van der Waals surface area contributed by atoms with Gasteiger partial charge in [-0.1, -0.05) is 0 Å². The molecule has 0 aromatic carbocycles. The van der Waals surface area contributed by atoms with Gasteiger partial charge in [0.1, 0.15) is 0 Å². The third-order valence-corrected chi connectivity index (χ3v) is 3.47. The molecule has 0 spiro atoms. The molecule has 0 unspecified atom stereocenters. The molecule has 0 fully saturated rings. The van der Waals surface area contributed by atoms with Crippen molar-refractivity contribution in [3.63, 3.8) is 0 Å². The maximum Gasteiger partial charge on any atom is 0.341 e. The average Bonchev–Trinajstić information content (AvgIpc) is 1.90. The molecule has 10 heavy (non-hydrogen) atoms. The first-order valence-electron chi connectivity index (χ1n) is 3.05. The van der Waals surface area contributed by atoms with Gasteiger partial charge in [-0.25, -0.2) is 0 Å². The summed E-state index contributed by atoms with van der Waals surface area (Å²) in [5.41, 5.74) is 0. The van der Waals surface area contributed by atoms with Crippen LogP contribution >= 0.6 is 0 Å². The van der Waals surface area contributed by atoms with Gasteiger partial charge in [0.05, 0.1) is 11.1 Å². The minimum absolute atomic E-state index is 0.441. The summed E-state index contributed by atoms with van der Waals surface area (Å²) in [6, 6.07) is 2.15. The molecule has 0 saturated carbocycles. The van der Waals surface area contributed by atoms with Crippen LogP contribution < -0.4 is 0 Å². The SMILES string of the molecule is CO[SiH](OC)C(C)(C)C#N. The summed E-state index contributed by atoms with van der Waals surface area (Å²) in [6.07, 6.45) is 0. The lowest BCUT2D eigenvalue weighted by molar-refractivity contribution is 0.259. The van der Waals surface area contributed by atoms with Crippen LogP contribution in [0.2, 0.25) is 5.04 Å². The van der Waals surface area contributed by atoms with Gasteiger partial charge >= 0.3 is 9.28 Å². The highest BCUT2D eigenvalue weighted by Crippen LogP contribution is 2.26. The van der Waals surface area contributed by atoms with Crippen molar-refractivity contribution in [1.29, 1.82) is 5.26 Å². The molecule has 0 amide bonds. The van der Waals surface area contributed by atoms with E-state index in [4.69, 9.17) is 14.1 Å². The van der Waals surface area contributed by atoms with Gasteiger partial charge in [0.2, 0.25) is 0 Å². The van der Waals surface area contributed by atoms with Crippen molar-refractivity contribution in [3.8, 4) is 6.07 Å². The van der Waals surface area contributed by atoms with Gasteiger partial charge in [0.25, 0.3) is 0 Å². The lowest BCUT2D eigenvalue weighted by Crippen LogP contribution is -2.31. The normalized spacial score (nSPS) is 11.6. The largest absolute Gasteiger partial charge is 0.399 e. The summed E-state index contributed by atoms with van der Waals surface area (Å²) in [7, 11) is 1.40.